The number of nitrogens with two attached hydrogens (primary N) is 1. The number of primary amides is 1. The number of nitrogens with one attached hydrogen (secondary N) is 1. The Bertz CT molecular complexity index is 1250. The van der Waals surface area contributed by atoms with Gasteiger partial charge in [0, 0.05) is 29.3 Å². The van der Waals surface area contributed by atoms with Crippen molar-refractivity contribution in [3.63, 3.8) is 0 Å². The second-order valence-corrected chi connectivity index (χ2v) is 9.32. The Morgan fingerprint density at radius 1 is 1.30 bits per heavy atom. The van der Waals surface area contributed by atoms with Gasteiger partial charge in [0.2, 0.25) is 11.8 Å². The zero-order valence-electron chi connectivity index (χ0n) is 18.3. The summed E-state index contributed by atoms with van der Waals surface area (Å²) in [6.45, 7) is 4.00. The fourth-order valence-corrected chi connectivity index (χ4v) is 3.65. The van der Waals surface area contributed by atoms with Crippen molar-refractivity contribution < 1.29 is 13.9 Å². The van der Waals surface area contributed by atoms with E-state index in [0.29, 0.717) is 35.2 Å². The Morgan fingerprint density at radius 3 is 2.70 bits per heavy atom. The molecule has 9 heteroatoms. The fourth-order valence-electron chi connectivity index (χ4n) is 3.34. The SMILES string of the molecule is CC(C)(Cc1ccc(F)c(-c2nc(-c3ccc(OCC4CC4)nc3)cc(=O)[nH]2)c1Cl)C(N)=O. The highest BCUT2D eigenvalue weighted by molar-refractivity contribution is 6.34. The second kappa shape index (κ2) is 8.94. The molecule has 1 aliphatic carbocycles. The number of ether oxygens (including phenoxy) is 1. The normalized spacial score (nSPS) is 13.7. The van der Waals surface area contributed by atoms with E-state index in [2.05, 4.69) is 15.0 Å². The Kier molecular flexibility index (Phi) is 6.21. The molecular formula is C24H24ClFN4O3. The van der Waals surface area contributed by atoms with E-state index < -0.39 is 22.7 Å². The van der Waals surface area contributed by atoms with Crippen LogP contribution in [-0.4, -0.2) is 27.5 Å². The monoisotopic (exact) mass is 470 g/mol. The van der Waals surface area contributed by atoms with Crippen molar-refractivity contribution in [3.8, 4) is 28.5 Å². The lowest BCUT2D eigenvalue weighted by molar-refractivity contribution is -0.125. The summed E-state index contributed by atoms with van der Waals surface area (Å²) in [5.74, 6) is -0.0763. The van der Waals surface area contributed by atoms with Gasteiger partial charge < -0.3 is 15.5 Å². The van der Waals surface area contributed by atoms with Gasteiger partial charge in [0.25, 0.3) is 5.56 Å². The number of carbonyl (C=O) groups is 1. The van der Waals surface area contributed by atoms with Crippen LogP contribution in [0, 0.1) is 17.2 Å². The molecule has 1 aliphatic rings. The highest BCUT2D eigenvalue weighted by Gasteiger charge is 2.28. The number of aromatic nitrogens is 3. The van der Waals surface area contributed by atoms with Crippen LogP contribution in [0.1, 0.15) is 32.3 Å². The van der Waals surface area contributed by atoms with Crippen LogP contribution in [0.4, 0.5) is 4.39 Å². The van der Waals surface area contributed by atoms with Crippen LogP contribution < -0.4 is 16.0 Å². The van der Waals surface area contributed by atoms with Crippen molar-refractivity contribution in [2.45, 2.75) is 33.1 Å². The Hall–Kier alpha value is -3.26. The quantitative estimate of drug-likeness (QED) is 0.514. The van der Waals surface area contributed by atoms with Gasteiger partial charge in [-0.05, 0) is 42.9 Å². The lowest BCUT2D eigenvalue weighted by atomic mass is 9.84. The predicted octanol–water partition coefficient (Wildman–Crippen LogP) is 4.13. The van der Waals surface area contributed by atoms with Gasteiger partial charge in [-0.2, -0.15) is 0 Å². The molecule has 0 aliphatic heterocycles. The van der Waals surface area contributed by atoms with Crippen molar-refractivity contribution in [1.29, 1.82) is 0 Å². The molecule has 0 radical (unpaired) electrons. The number of halogens is 2. The third-order valence-corrected chi connectivity index (χ3v) is 6.08. The van der Waals surface area contributed by atoms with Crippen molar-refractivity contribution >= 4 is 17.5 Å². The van der Waals surface area contributed by atoms with Gasteiger partial charge in [0.15, 0.2) is 0 Å². The van der Waals surface area contributed by atoms with E-state index in [1.165, 1.54) is 31.0 Å². The minimum Gasteiger partial charge on any atom is -0.477 e. The summed E-state index contributed by atoms with van der Waals surface area (Å²) in [7, 11) is 0. The maximum Gasteiger partial charge on any atom is 0.251 e. The van der Waals surface area contributed by atoms with Crippen LogP contribution in [0.5, 0.6) is 5.88 Å². The molecule has 1 saturated carbocycles. The van der Waals surface area contributed by atoms with E-state index in [0.717, 1.165) is 0 Å². The van der Waals surface area contributed by atoms with E-state index in [-0.39, 0.29) is 22.8 Å². The fraction of sp³-hybridized carbons (Fsp3) is 0.333. The van der Waals surface area contributed by atoms with Crippen molar-refractivity contribution in [1.82, 2.24) is 15.0 Å². The zero-order valence-corrected chi connectivity index (χ0v) is 19.1. The number of hydrogen-bond acceptors (Lipinski definition) is 5. The van der Waals surface area contributed by atoms with Gasteiger partial charge in [0.05, 0.1) is 22.9 Å². The molecule has 0 bridgehead atoms. The Morgan fingerprint density at radius 2 is 2.06 bits per heavy atom. The summed E-state index contributed by atoms with van der Waals surface area (Å²) in [6, 6.07) is 7.48. The minimum atomic E-state index is -0.892. The van der Waals surface area contributed by atoms with Crippen LogP contribution in [-0.2, 0) is 11.2 Å². The molecule has 33 heavy (non-hydrogen) atoms. The van der Waals surface area contributed by atoms with E-state index in [1.54, 1.807) is 32.2 Å². The molecule has 1 amide bonds. The number of amides is 1. The number of nitrogens with zero attached hydrogens (tertiary/aromatic N) is 2. The van der Waals surface area contributed by atoms with Crippen LogP contribution in [0.3, 0.4) is 0 Å². The average Bonchev–Trinajstić information content (AvgIpc) is 3.59. The molecule has 7 nitrogen and oxygen atoms in total. The van der Waals surface area contributed by atoms with Gasteiger partial charge in [-0.25, -0.2) is 14.4 Å². The van der Waals surface area contributed by atoms with Crippen LogP contribution in [0.15, 0.2) is 41.3 Å². The number of carbonyl (C=O) groups excluding carboxylic acids is 1. The molecule has 0 atom stereocenters. The standard InChI is InChI=1S/C24H24ClFN4O3/c1-24(2,23(27)32)10-14-5-7-16(26)20(21(14)25)22-29-17(9-18(31)30-22)15-6-8-19(28-11-15)33-12-13-3-4-13/h5-9,11,13H,3-4,10,12H2,1-2H3,(H2,27,32)(H,29,30,31). The number of pyridine rings is 1. The van der Waals surface area contributed by atoms with Gasteiger partial charge >= 0.3 is 0 Å². The van der Waals surface area contributed by atoms with Crippen molar-refractivity contribution in [2.75, 3.05) is 6.61 Å². The average molecular weight is 471 g/mol. The second-order valence-electron chi connectivity index (χ2n) is 8.94. The highest BCUT2D eigenvalue weighted by atomic mass is 35.5. The van der Waals surface area contributed by atoms with Crippen molar-refractivity contribution in [2.24, 2.45) is 17.1 Å². The van der Waals surface area contributed by atoms with Crippen LogP contribution >= 0.6 is 11.6 Å². The summed E-state index contributed by atoms with van der Waals surface area (Å²) in [5, 5.41) is 0.0616. The lowest BCUT2D eigenvalue weighted by Crippen LogP contribution is -2.33. The number of hydrogen-bond donors (Lipinski definition) is 2. The minimum absolute atomic E-state index is 0.0206. The summed E-state index contributed by atoms with van der Waals surface area (Å²) >= 11 is 6.51. The molecule has 0 spiro atoms. The first-order chi connectivity index (χ1) is 15.6. The van der Waals surface area contributed by atoms with E-state index in [9.17, 15) is 14.0 Å². The first-order valence-corrected chi connectivity index (χ1v) is 11.0. The molecule has 1 fully saturated rings. The topological polar surface area (TPSA) is 111 Å². The van der Waals surface area contributed by atoms with E-state index >= 15 is 0 Å². The Labute approximate surface area is 195 Å². The molecule has 2 aromatic heterocycles. The summed E-state index contributed by atoms with van der Waals surface area (Å²) in [5.41, 5.74) is 5.46. The number of aromatic amines is 1. The largest absolute Gasteiger partial charge is 0.477 e. The molecule has 0 unspecified atom stereocenters. The van der Waals surface area contributed by atoms with E-state index in [4.69, 9.17) is 22.1 Å². The molecule has 4 rings (SSSR count). The molecule has 3 N–H and O–H groups in total. The molecule has 1 aromatic carbocycles. The first-order valence-electron chi connectivity index (χ1n) is 10.6. The maximum absolute atomic E-state index is 14.8. The van der Waals surface area contributed by atoms with E-state index in [1.807, 2.05) is 0 Å². The Balaban J connectivity index is 1.68. The summed E-state index contributed by atoms with van der Waals surface area (Å²) in [6.07, 6.45) is 4.11. The molecular weight excluding hydrogens is 447 g/mol. The van der Waals surface area contributed by atoms with Crippen molar-refractivity contribution in [3.05, 3.63) is 63.3 Å². The lowest BCUT2D eigenvalue weighted by Gasteiger charge is -2.22. The van der Waals surface area contributed by atoms with Gasteiger partial charge in [-0.3, -0.25) is 9.59 Å². The van der Waals surface area contributed by atoms with Gasteiger partial charge in [-0.1, -0.05) is 31.5 Å². The van der Waals surface area contributed by atoms with Gasteiger partial charge in [0.1, 0.15) is 11.6 Å². The third kappa shape index (κ3) is 5.22. The third-order valence-electron chi connectivity index (χ3n) is 5.64. The maximum atomic E-state index is 14.8. The molecule has 2 heterocycles. The number of benzene rings is 1. The highest BCUT2D eigenvalue weighted by Crippen LogP contribution is 2.35. The van der Waals surface area contributed by atoms with Gasteiger partial charge in [-0.15, -0.1) is 0 Å². The van der Waals surface area contributed by atoms with Crippen LogP contribution in [0.25, 0.3) is 22.6 Å². The predicted molar refractivity (Wildman–Crippen MR) is 123 cm³/mol. The smallest absolute Gasteiger partial charge is 0.251 e. The first kappa shape index (κ1) is 22.9. The molecule has 3 aromatic rings. The zero-order chi connectivity index (χ0) is 23.8. The molecule has 0 saturated heterocycles. The summed E-state index contributed by atoms with van der Waals surface area (Å²) in [4.78, 5) is 35.4. The van der Waals surface area contributed by atoms with Crippen LogP contribution in [0.2, 0.25) is 5.02 Å². The summed E-state index contributed by atoms with van der Waals surface area (Å²) < 4.78 is 20.5. The number of H-pyrrole nitrogens is 1. The molecule has 172 valence electrons. The number of rotatable bonds is 8.